The summed E-state index contributed by atoms with van der Waals surface area (Å²) in [5.74, 6) is -0.133. The Morgan fingerprint density at radius 3 is 2.48 bits per heavy atom. The summed E-state index contributed by atoms with van der Waals surface area (Å²) in [5.41, 5.74) is 1.70. The number of aryl methyl sites for hydroxylation is 1. The summed E-state index contributed by atoms with van der Waals surface area (Å²) < 4.78 is 6.05. The lowest BCUT2D eigenvalue weighted by Crippen LogP contribution is -2.42. The van der Waals surface area contributed by atoms with Gasteiger partial charge in [0.15, 0.2) is 0 Å². The third-order valence-corrected chi connectivity index (χ3v) is 6.12. The van der Waals surface area contributed by atoms with Gasteiger partial charge in [0.25, 0.3) is 0 Å². The maximum absolute atomic E-state index is 12.7. The minimum Gasteiger partial charge on any atom is -0.487 e. The van der Waals surface area contributed by atoms with Gasteiger partial charge in [-0.05, 0) is 39.7 Å². The van der Waals surface area contributed by atoms with E-state index in [1.807, 2.05) is 51.1 Å². The first-order chi connectivity index (χ1) is 13.7. The second kappa shape index (κ2) is 7.32. The van der Waals surface area contributed by atoms with E-state index in [9.17, 15) is 14.4 Å². The number of imide groups is 1. The number of likely N-dealkylation sites (tertiary alicyclic amines) is 1. The summed E-state index contributed by atoms with van der Waals surface area (Å²) in [6, 6.07) is 5.83. The van der Waals surface area contributed by atoms with E-state index in [0.717, 1.165) is 16.9 Å². The molecule has 1 fully saturated rings. The quantitative estimate of drug-likeness (QED) is 0.627. The summed E-state index contributed by atoms with van der Waals surface area (Å²) >= 11 is 0. The van der Waals surface area contributed by atoms with Crippen LogP contribution in [0, 0.1) is 18.8 Å². The van der Waals surface area contributed by atoms with Crippen molar-refractivity contribution in [2.45, 2.75) is 58.1 Å². The molecule has 0 saturated carbocycles. The largest absolute Gasteiger partial charge is 0.487 e. The van der Waals surface area contributed by atoms with Gasteiger partial charge in [0, 0.05) is 24.9 Å². The molecule has 1 saturated heterocycles. The van der Waals surface area contributed by atoms with Gasteiger partial charge in [0.2, 0.25) is 17.7 Å². The highest BCUT2D eigenvalue weighted by molar-refractivity contribution is 6.05. The number of rotatable bonds is 4. The fourth-order valence-corrected chi connectivity index (χ4v) is 4.67. The van der Waals surface area contributed by atoms with Gasteiger partial charge in [-0.3, -0.25) is 19.3 Å². The lowest BCUT2D eigenvalue weighted by molar-refractivity contribution is -0.140. The Labute approximate surface area is 171 Å². The maximum Gasteiger partial charge on any atom is 0.233 e. The molecule has 154 valence electrons. The Kier molecular flexibility index (Phi) is 4.97. The first-order valence-corrected chi connectivity index (χ1v) is 10.3. The standard InChI is InChI=1S/C23H28N2O4/c1-14-8-9-19-17(12-14)18(13-23(2,3)29-19)24-20(26)10-11-25-21(27)15-6-4-5-7-16(15)22(25)28/h4-5,8-9,12,15-16,18H,6-7,10-11,13H2,1-3H3,(H,24,26)/t15-,16+,18-/m1/s1. The number of hydrogen-bond donors (Lipinski definition) is 1. The molecule has 0 bridgehead atoms. The van der Waals surface area contributed by atoms with Crippen LogP contribution in [0.3, 0.4) is 0 Å². The number of hydrogen-bond acceptors (Lipinski definition) is 4. The average Bonchev–Trinajstić information content (AvgIpc) is 2.91. The van der Waals surface area contributed by atoms with Gasteiger partial charge < -0.3 is 10.1 Å². The highest BCUT2D eigenvalue weighted by Crippen LogP contribution is 2.40. The van der Waals surface area contributed by atoms with E-state index < -0.39 is 0 Å². The Bertz CT molecular complexity index is 863. The summed E-state index contributed by atoms with van der Waals surface area (Å²) in [6.45, 7) is 6.17. The number of carbonyl (C=O) groups excluding carboxylic acids is 3. The highest BCUT2D eigenvalue weighted by Gasteiger charge is 2.47. The molecule has 1 aliphatic carbocycles. The Morgan fingerprint density at radius 1 is 1.17 bits per heavy atom. The van der Waals surface area contributed by atoms with Crippen molar-refractivity contribution in [3.8, 4) is 5.75 Å². The van der Waals surface area contributed by atoms with Gasteiger partial charge in [0.1, 0.15) is 11.4 Å². The summed E-state index contributed by atoms with van der Waals surface area (Å²) in [5, 5.41) is 3.09. The van der Waals surface area contributed by atoms with Gasteiger partial charge in [-0.25, -0.2) is 0 Å². The predicted octanol–water partition coefficient (Wildman–Crippen LogP) is 3.05. The second-order valence-corrected chi connectivity index (χ2v) is 8.96. The normalized spacial score (nSPS) is 27.3. The molecule has 4 rings (SSSR count). The molecule has 6 heteroatoms. The van der Waals surface area contributed by atoms with Crippen molar-refractivity contribution in [3.05, 3.63) is 41.5 Å². The molecule has 0 spiro atoms. The van der Waals surface area contributed by atoms with E-state index in [0.29, 0.717) is 19.3 Å². The van der Waals surface area contributed by atoms with Crippen molar-refractivity contribution in [1.82, 2.24) is 10.2 Å². The molecular weight excluding hydrogens is 368 g/mol. The van der Waals surface area contributed by atoms with Crippen molar-refractivity contribution >= 4 is 17.7 Å². The van der Waals surface area contributed by atoms with Crippen LogP contribution in [0.2, 0.25) is 0 Å². The Balaban J connectivity index is 1.41. The third-order valence-electron chi connectivity index (χ3n) is 6.12. The molecule has 2 aliphatic heterocycles. The van der Waals surface area contributed by atoms with Crippen molar-refractivity contribution in [3.63, 3.8) is 0 Å². The van der Waals surface area contributed by atoms with Gasteiger partial charge in [-0.15, -0.1) is 0 Å². The van der Waals surface area contributed by atoms with Crippen LogP contribution >= 0.6 is 0 Å². The number of fused-ring (bicyclic) bond motifs is 2. The lowest BCUT2D eigenvalue weighted by Gasteiger charge is -2.38. The van der Waals surface area contributed by atoms with Crippen LogP contribution in [-0.4, -0.2) is 34.8 Å². The van der Waals surface area contributed by atoms with Gasteiger partial charge in [-0.2, -0.15) is 0 Å². The maximum atomic E-state index is 12.7. The van der Waals surface area contributed by atoms with Crippen LogP contribution < -0.4 is 10.1 Å². The Hall–Kier alpha value is -2.63. The molecule has 3 aliphatic rings. The molecule has 3 atom stereocenters. The summed E-state index contributed by atoms with van der Waals surface area (Å²) in [4.78, 5) is 39.1. The molecule has 1 N–H and O–H groups in total. The highest BCUT2D eigenvalue weighted by atomic mass is 16.5. The number of nitrogens with one attached hydrogen (secondary N) is 1. The zero-order valence-electron chi connectivity index (χ0n) is 17.2. The van der Waals surface area contributed by atoms with Crippen molar-refractivity contribution < 1.29 is 19.1 Å². The molecule has 0 unspecified atom stereocenters. The SMILES string of the molecule is Cc1ccc2c(c1)[C@H](NC(=O)CCN1C(=O)[C@H]3CC=CC[C@H]3C1=O)CC(C)(C)O2. The zero-order chi connectivity index (χ0) is 20.8. The Morgan fingerprint density at radius 2 is 1.83 bits per heavy atom. The van der Waals surface area contributed by atoms with Crippen molar-refractivity contribution in [1.29, 1.82) is 0 Å². The molecule has 2 heterocycles. The van der Waals surface area contributed by atoms with Crippen LogP contribution in [-0.2, 0) is 14.4 Å². The molecule has 0 aromatic heterocycles. The smallest absolute Gasteiger partial charge is 0.233 e. The summed E-state index contributed by atoms with van der Waals surface area (Å²) in [6.07, 6.45) is 5.94. The van der Waals surface area contributed by atoms with E-state index in [1.165, 1.54) is 4.90 Å². The van der Waals surface area contributed by atoms with Gasteiger partial charge >= 0.3 is 0 Å². The van der Waals surface area contributed by atoms with Crippen molar-refractivity contribution in [2.75, 3.05) is 6.54 Å². The monoisotopic (exact) mass is 396 g/mol. The van der Waals surface area contributed by atoms with Crippen LogP contribution in [0.5, 0.6) is 5.75 Å². The number of ether oxygens (including phenoxy) is 1. The van der Waals surface area contributed by atoms with Crippen LogP contribution in [0.1, 0.15) is 56.7 Å². The number of nitrogens with zero attached hydrogens (tertiary/aromatic N) is 1. The first-order valence-electron chi connectivity index (χ1n) is 10.3. The molecule has 1 aromatic rings. The molecule has 0 radical (unpaired) electrons. The van der Waals surface area contributed by atoms with E-state index >= 15 is 0 Å². The predicted molar refractivity (Wildman–Crippen MR) is 108 cm³/mol. The van der Waals surface area contributed by atoms with Crippen molar-refractivity contribution in [2.24, 2.45) is 11.8 Å². The van der Waals surface area contributed by atoms with Crippen LogP contribution in [0.25, 0.3) is 0 Å². The van der Waals surface area contributed by atoms with E-state index in [1.54, 1.807) is 0 Å². The average molecular weight is 396 g/mol. The van der Waals surface area contributed by atoms with Gasteiger partial charge in [-0.1, -0.05) is 29.8 Å². The van der Waals surface area contributed by atoms with Crippen LogP contribution in [0.15, 0.2) is 30.4 Å². The number of allylic oxidation sites excluding steroid dienone is 2. The topological polar surface area (TPSA) is 75.7 Å². The molecule has 29 heavy (non-hydrogen) atoms. The number of benzene rings is 1. The van der Waals surface area contributed by atoms with Crippen LogP contribution in [0.4, 0.5) is 0 Å². The second-order valence-electron chi connectivity index (χ2n) is 8.96. The molecular formula is C23H28N2O4. The first kappa shape index (κ1) is 19.7. The lowest BCUT2D eigenvalue weighted by atomic mass is 9.85. The molecule has 3 amide bonds. The summed E-state index contributed by atoms with van der Waals surface area (Å²) in [7, 11) is 0. The molecule has 6 nitrogen and oxygen atoms in total. The van der Waals surface area contributed by atoms with Gasteiger partial charge in [0.05, 0.1) is 17.9 Å². The van der Waals surface area contributed by atoms with E-state index in [-0.39, 0.29) is 54.2 Å². The number of carbonyl (C=O) groups is 3. The zero-order valence-corrected chi connectivity index (χ0v) is 17.2. The van der Waals surface area contributed by atoms with E-state index in [2.05, 4.69) is 5.32 Å². The number of amides is 3. The fraction of sp³-hybridized carbons (Fsp3) is 0.522. The fourth-order valence-electron chi connectivity index (χ4n) is 4.67. The molecule has 1 aromatic carbocycles. The minimum atomic E-state index is -0.385. The minimum absolute atomic E-state index is 0.114. The van der Waals surface area contributed by atoms with E-state index in [4.69, 9.17) is 4.74 Å². The third kappa shape index (κ3) is 3.80.